The Hall–Kier alpha value is -1.75. The Bertz CT molecular complexity index is 379. The molecule has 1 aromatic rings. The van der Waals surface area contributed by atoms with Crippen molar-refractivity contribution in [1.29, 1.82) is 0 Å². The SMILES string of the molecule is COc1ccc(C(CN)C(N)=O)cc1OC. The third kappa shape index (κ3) is 2.43. The average molecular weight is 224 g/mol. The number of benzene rings is 1. The highest BCUT2D eigenvalue weighted by Crippen LogP contribution is 2.30. The maximum atomic E-state index is 11.2. The molecule has 0 aliphatic heterocycles. The highest BCUT2D eigenvalue weighted by atomic mass is 16.5. The first kappa shape index (κ1) is 12.3. The standard InChI is InChI=1S/C11H16N2O3/c1-15-9-4-3-7(5-10(9)16-2)8(6-12)11(13)14/h3-5,8H,6,12H2,1-2H3,(H2,13,14). The van der Waals surface area contributed by atoms with Gasteiger partial charge in [0.05, 0.1) is 20.1 Å². The van der Waals surface area contributed by atoms with Crippen molar-refractivity contribution in [3.05, 3.63) is 23.8 Å². The van der Waals surface area contributed by atoms with Gasteiger partial charge in [-0.25, -0.2) is 0 Å². The van der Waals surface area contributed by atoms with E-state index >= 15 is 0 Å². The minimum atomic E-state index is -0.500. The molecule has 0 aromatic heterocycles. The van der Waals surface area contributed by atoms with Crippen LogP contribution in [-0.4, -0.2) is 26.7 Å². The fraction of sp³-hybridized carbons (Fsp3) is 0.364. The number of primary amides is 1. The Morgan fingerprint density at radius 3 is 2.38 bits per heavy atom. The Kier molecular flexibility index (Phi) is 4.13. The van der Waals surface area contributed by atoms with Crippen molar-refractivity contribution in [2.75, 3.05) is 20.8 Å². The Morgan fingerprint density at radius 1 is 1.31 bits per heavy atom. The van der Waals surface area contributed by atoms with Crippen LogP contribution in [0.25, 0.3) is 0 Å². The molecule has 16 heavy (non-hydrogen) atoms. The average Bonchev–Trinajstić information content (AvgIpc) is 2.29. The van der Waals surface area contributed by atoms with Crippen LogP contribution in [-0.2, 0) is 4.79 Å². The van der Waals surface area contributed by atoms with Gasteiger partial charge in [-0.15, -0.1) is 0 Å². The zero-order valence-corrected chi connectivity index (χ0v) is 9.40. The number of ether oxygens (including phenoxy) is 2. The highest BCUT2D eigenvalue weighted by Gasteiger charge is 2.17. The van der Waals surface area contributed by atoms with Gasteiger partial charge in [-0.2, -0.15) is 0 Å². The van der Waals surface area contributed by atoms with E-state index in [4.69, 9.17) is 20.9 Å². The van der Waals surface area contributed by atoms with Gasteiger partial charge in [-0.05, 0) is 17.7 Å². The van der Waals surface area contributed by atoms with Crippen LogP contribution in [0.2, 0.25) is 0 Å². The molecule has 1 atom stereocenters. The molecule has 0 bridgehead atoms. The summed E-state index contributed by atoms with van der Waals surface area (Å²) in [6, 6.07) is 5.19. The van der Waals surface area contributed by atoms with Crippen molar-refractivity contribution in [2.24, 2.45) is 11.5 Å². The van der Waals surface area contributed by atoms with Crippen LogP contribution in [0.15, 0.2) is 18.2 Å². The van der Waals surface area contributed by atoms with Gasteiger partial charge in [0.1, 0.15) is 0 Å². The number of methoxy groups -OCH3 is 2. The van der Waals surface area contributed by atoms with Crippen molar-refractivity contribution in [2.45, 2.75) is 5.92 Å². The summed E-state index contributed by atoms with van der Waals surface area (Å²) in [5.41, 5.74) is 11.5. The summed E-state index contributed by atoms with van der Waals surface area (Å²) in [5.74, 6) is 0.209. The van der Waals surface area contributed by atoms with E-state index < -0.39 is 11.8 Å². The third-order valence-corrected chi connectivity index (χ3v) is 2.39. The zero-order chi connectivity index (χ0) is 12.1. The predicted molar refractivity (Wildman–Crippen MR) is 60.5 cm³/mol. The van der Waals surface area contributed by atoms with Crippen molar-refractivity contribution in [3.63, 3.8) is 0 Å². The minimum Gasteiger partial charge on any atom is -0.493 e. The number of hydrogen-bond donors (Lipinski definition) is 2. The van der Waals surface area contributed by atoms with Crippen molar-refractivity contribution in [3.8, 4) is 11.5 Å². The molecule has 88 valence electrons. The topological polar surface area (TPSA) is 87.6 Å². The first-order chi connectivity index (χ1) is 7.63. The summed E-state index contributed by atoms with van der Waals surface area (Å²) in [4.78, 5) is 11.2. The van der Waals surface area contributed by atoms with Gasteiger partial charge in [0.15, 0.2) is 11.5 Å². The molecule has 1 aromatic carbocycles. The summed E-state index contributed by atoms with van der Waals surface area (Å²) in [7, 11) is 3.08. The molecule has 0 fully saturated rings. The van der Waals surface area contributed by atoms with Gasteiger partial charge in [-0.3, -0.25) is 4.79 Å². The number of carbonyl (C=O) groups is 1. The monoisotopic (exact) mass is 224 g/mol. The second kappa shape index (κ2) is 5.37. The zero-order valence-electron chi connectivity index (χ0n) is 9.40. The van der Waals surface area contributed by atoms with E-state index in [1.54, 1.807) is 25.3 Å². The summed E-state index contributed by atoms with van der Waals surface area (Å²) < 4.78 is 10.2. The number of carbonyl (C=O) groups excluding carboxylic acids is 1. The molecule has 0 aliphatic carbocycles. The summed E-state index contributed by atoms with van der Waals surface area (Å²) in [6.45, 7) is 0.171. The molecule has 0 heterocycles. The van der Waals surface area contributed by atoms with E-state index in [1.807, 2.05) is 0 Å². The highest BCUT2D eigenvalue weighted by molar-refractivity contribution is 5.82. The van der Waals surface area contributed by atoms with Crippen molar-refractivity contribution < 1.29 is 14.3 Å². The van der Waals surface area contributed by atoms with Crippen molar-refractivity contribution >= 4 is 5.91 Å². The van der Waals surface area contributed by atoms with Crippen LogP contribution < -0.4 is 20.9 Å². The molecule has 0 saturated carbocycles. The molecule has 1 amide bonds. The summed E-state index contributed by atoms with van der Waals surface area (Å²) in [5, 5.41) is 0. The molecule has 0 saturated heterocycles. The quantitative estimate of drug-likeness (QED) is 0.749. The van der Waals surface area contributed by atoms with Gasteiger partial charge in [-0.1, -0.05) is 6.07 Å². The van der Waals surface area contributed by atoms with Gasteiger partial charge in [0.25, 0.3) is 0 Å². The third-order valence-electron chi connectivity index (χ3n) is 2.39. The normalized spacial score (nSPS) is 11.9. The Morgan fingerprint density at radius 2 is 1.94 bits per heavy atom. The summed E-state index contributed by atoms with van der Waals surface area (Å²) in [6.07, 6.45) is 0. The van der Waals surface area contributed by atoms with Crippen LogP contribution in [0.4, 0.5) is 0 Å². The lowest BCUT2D eigenvalue weighted by Crippen LogP contribution is -2.27. The molecule has 0 radical (unpaired) electrons. The molecular formula is C11H16N2O3. The molecule has 0 spiro atoms. The fourth-order valence-corrected chi connectivity index (χ4v) is 1.49. The van der Waals surface area contributed by atoms with Gasteiger partial charge in [0.2, 0.25) is 5.91 Å². The Labute approximate surface area is 94.3 Å². The molecule has 5 nitrogen and oxygen atoms in total. The largest absolute Gasteiger partial charge is 0.493 e. The van der Waals surface area contributed by atoms with Gasteiger partial charge in [0, 0.05) is 6.54 Å². The van der Waals surface area contributed by atoms with E-state index in [2.05, 4.69) is 0 Å². The van der Waals surface area contributed by atoms with E-state index in [-0.39, 0.29) is 6.54 Å². The lowest BCUT2D eigenvalue weighted by molar-refractivity contribution is -0.119. The first-order valence-electron chi connectivity index (χ1n) is 4.85. The molecule has 1 rings (SSSR count). The van der Waals surface area contributed by atoms with E-state index in [0.29, 0.717) is 11.5 Å². The molecule has 4 N–H and O–H groups in total. The minimum absolute atomic E-state index is 0.171. The van der Waals surface area contributed by atoms with Crippen LogP contribution in [0, 0.1) is 0 Å². The predicted octanol–water partition coefficient (Wildman–Crippen LogP) is 0.231. The lowest BCUT2D eigenvalue weighted by Gasteiger charge is -2.14. The molecule has 5 heteroatoms. The number of hydrogen-bond acceptors (Lipinski definition) is 4. The number of rotatable bonds is 5. The van der Waals surface area contributed by atoms with Crippen molar-refractivity contribution in [1.82, 2.24) is 0 Å². The number of nitrogens with two attached hydrogens (primary N) is 2. The number of amides is 1. The van der Waals surface area contributed by atoms with Gasteiger partial charge >= 0.3 is 0 Å². The first-order valence-corrected chi connectivity index (χ1v) is 4.85. The molecule has 1 unspecified atom stereocenters. The van der Waals surface area contributed by atoms with Crippen LogP contribution in [0.1, 0.15) is 11.5 Å². The van der Waals surface area contributed by atoms with Gasteiger partial charge < -0.3 is 20.9 Å². The van der Waals surface area contributed by atoms with Crippen LogP contribution in [0.3, 0.4) is 0 Å². The van der Waals surface area contributed by atoms with E-state index in [0.717, 1.165) is 5.56 Å². The van der Waals surface area contributed by atoms with Crippen LogP contribution >= 0.6 is 0 Å². The van der Waals surface area contributed by atoms with E-state index in [9.17, 15) is 4.79 Å². The molecular weight excluding hydrogens is 208 g/mol. The molecule has 0 aliphatic rings. The lowest BCUT2D eigenvalue weighted by atomic mass is 9.98. The second-order valence-corrected chi connectivity index (χ2v) is 3.31. The Balaban J connectivity index is 3.11. The summed E-state index contributed by atoms with van der Waals surface area (Å²) >= 11 is 0. The second-order valence-electron chi connectivity index (χ2n) is 3.31. The van der Waals surface area contributed by atoms with E-state index in [1.165, 1.54) is 7.11 Å². The van der Waals surface area contributed by atoms with Crippen LogP contribution in [0.5, 0.6) is 11.5 Å². The smallest absolute Gasteiger partial charge is 0.226 e. The fourth-order valence-electron chi connectivity index (χ4n) is 1.49. The maximum Gasteiger partial charge on any atom is 0.226 e. The maximum absolute atomic E-state index is 11.2.